The predicted octanol–water partition coefficient (Wildman–Crippen LogP) is 12.5. The highest BCUT2D eigenvalue weighted by Crippen LogP contribution is 2.19. The van der Waals surface area contributed by atoms with Crippen LogP contribution in [0.2, 0.25) is 0 Å². The molecule has 4 atom stereocenters. The SMILES string of the molecule is CCCCCCCCCCCCCCCC(=O)NCCCCC(NC(=O)CCCCCCCCCCCCCCC)C(=O)NC(CCCCN)C(=O)NC(CCCCN)C(=O)NC(CCCCNC(=O)CCCc1ccc(N(CCCl)CCCl)cc1)C(N)=O. The molecule has 19 heteroatoms. The maximum absolute atomic E-state index is 14.3. The van der Waals surface area contributed by atoms with Crippen LogP contribution >= 0.6 is 23.2 Å². The third-order valence-corrected chi connectivity index (χ3v) is 17.2. The third kappa shape index (κ3) is 46.5. The number of benzene rings is 1. The Morgan fingerprint density at radius 2 is 0.719 bits per heavy atom. The number of halogens is 2. The lowest BCUT2D eigenvalue weighted by atomic mass is 10.0. The van der Waals surface area contributed by atoms with E-state index in [1.165, 1.54) is 122 Å². The molecule has 0 aliphatic carbocycles. The van der Waals surface area contributed by atoms with Gasteiger partial charge in [0.15, 0.2) is 0 Å². The van der Waals surface area contributed by atoms with Gasteiger partial charge in [0.05, 0.1) is 0 Å². The molecule has 0 bridgehead atoms. The van der Waals surface area contributed by atoms with Crippen molar-refractivity contribution < 1.29 is 33.6 Å². The molecule has 514 valence electrons. The molecular weight excluding hydrogens is 1160 g/mol. The van der Waals surface area contributed by atoms with Crippen LogP contribution in [0.4, 0.5) is 5.69 Å². The Morgan fingerprint density at radius 1 is 0.393 bits per heavy atom. The molecule has 1 aromatic carbocycles. The van der Waals surface area contributed by atoms with E-state index in [9.17, 15) is 33.6 Å². The lowest BCUT2D eigenvalue weighted by Gasteiger charge is -2.26. The van der Waals surface area contributed by atoms with Crippen LogP contribution < -0.4 is 54.0 Å². The quantitative estimate of drug-likeness (QED) is 0.0220. The van der Waals surface area contributed by atoms with Gasteiger partial charge in [0.1, 0.15) is 24.2 Å². The average molecular weight is 1290 g/mol. The Morgan fingerprint density at radius 3 is 1.09 bits per heavy atom. The largest absolute Gasteiger partial charge is 0.369 e. The monoisotopic (exact) mass is 1290 g/mol. The van der Waals surface area contributed by atoms with E-state index >= 15 is 0 Å². The van der Waals surface area contributed by atoms with Gasteiger partial charge in [0.2, 0.25) is 41.4 Å². The lowest BCUT2D eigenvalue weighted by Crippen LogP contribution is -2.58. The van der Waals surface area contributed by atoms with Crippen molar-refractivity contribution in [2.24, 2.45) is 17.2 Å². The zero-order valence-electron chi connectivity index (χ0n) is 56.0. The van der Waals surface area contributed by atoms with Gasteiger partial charge in [-0.3, -0.25) is 33.6 Å². The summed E-state index contributed by atoms with van der Waals surface area (Å²) in [5.41, 5.74) is 19.7. The summed E-state index contributed by atoms with van der Waals surface area (Å²) < 4.78 is 0. The molecule has 0 heterocycles. The Balaban J connectivity index is 2.91. The van der Waals surface area contributed by atoms with Crippen LogP contribution in [-0.4, -0.2) is 117 Å². The first-order valence-corrected chi connectivity index (χ1v) is 36.8. The number of carbonyl (C=O) groups is 7. The summed E-state index contributed by atoms with van der Waals surface area (Å²) >= 11 is 11.9. The number of primary amides is 1. The molecule has 7 amide bonds. The van der Waals surface area contributed by atoms with Crippen molar-refractivity contribution in [3.63, 3.8) is 0 Å². The molecule has 0 saturated carbocycles. The summed E-state index contributed by atoms with van der Waals surface area (Å²) in [5, 5.41) is 17.5. The molecule has 4 unspecified atom stereocenters. The topological polar surface area (TPSA) is 273 Å². The highest BCUT2D eigenvalue weighted by Gasteiger charge is 2.31. The first-order chi connectivity index (χ1) is 43.3. The van der Waals surface area contributed by atoms with Crippen molar-refractivity contribution >= 4 is 70.2 Å². The second-order valence-corrected chi connectivity index (χ2v) is 25.6. The van der Waals surface area contributed by atoms with Gasteiger partial charge in [-0.05, 0) is 134 Å². The molecule has 12 N–H and O–H groups in total. The summed E-state index contributed by atoms with van der Waals surface area (Å²) in [6.45, 7) is 7.50. The number of nitrogens with two attached hydrogens (primary N) is 3. The standard InChI is InChI=1S/C70H128Cl2N10O7/c1-3-5-7-9-11-13-15-17-19-21-23-25-27-43-64(83)76-55-36-32-42-61(78-66(85)44-28-26-24-22-20-18-16-14-12-10-8-6-4-2)68(87)80-63(41-30-34-53-74)70(89)81-62(40-29-33-52-73)69(88)79-60(67(75)86)39-31-35-54-77-65(84)45-37-38-58-46-48-59(49-47-58)82(56-50-71)57-51-72/h46-49,60-63H,3-45,50-57,73-74H2,1-2H3,(H2,75,86)(H,76,83)(H,77,84)(H,78,85)(H,79,88)(H,80,87)(H,81,89). The van der Waals surface area contributed by atoms with E-state index < -0.39 is 47.8 Å². The Hall–Kier alpha value is -4.19. The van der Waals surface area contributed by atoms with Crippen molar-refractivity contribution in [2.75, 3.05) is 55.9 Å². The van der Waals surface area contributed by atoms with Crippen molar-refractivity contribution in [3.8, 4) is 0 Å². The lowest BCUT2D eigenvalue weighted by molar-refractivity contribution is -0.134. The maximum atomic E-state index is 14.3. The number of unbranched alkanes of at least 4 members (excludes halogenated alkanes) is 28. The Kier molecular flexibility index (Phi) is 54.8. The molecule has 0 spiro atoms. The second kappa shape index (κ2) is 58.9. The van der Waals surface area contributed by atoms with Gasteiger partial charge in [0.25, 0.3) is 0 Å². The fourth-order valence-corrected chi connectivity index (χ4v) is 11.7. The van der Waals surface area contributed by atoms with Gasteiger partial charge in [-0.25, -0.2) is 0 Å². The molecule has 0 aliphatic heterocycles. The number of nitrogens with one attached hydrogen (secondary N) is 6. The maximum Gasteiger partial charge on any atom is 0.243 e. The summed E-state index contributed by atoms with van der Waals surface area (Å²) in [6.07, 6.45) is 39.5. The van der Waals surface area contributed by atoms with Gasteiger partial charge in [-0.1, -0.05) is 180 Å². The fourth-order valence-electron chi connectivity index (χ4n) is 11.2. The van der Waals surface area contributed by atoms with Gasteiger partial charge < -0.3 is 54.0 Å². The minimum atomic E-state index is -1.07. The summed E-state index contributed by atoms with van der Waals surface area (Å²) in [4.78, 5) is 96.4. The molecule has 89 heavy (non-hydrogen) atoms. The molecule has 0 radical (unpaired) electrons. The van der Waals surface area contributed by atoms with E-state index in [-0.39, 0.29) is 43.4 Å². The number of rotatable bonds is 63. The molecule has 17 nitrogen and oxygen atoms in total. The normalized spacial score (nSPS) is 12.6. The molecule has 0 fully saturated rings. The van der Waals surface area contributed by atoms with Crippen LogP contribution in [0.25, 0.3) is 0 Å². The smallest absolute Gasteiger partial charge is 0.243 e. The van der Waals surface area contributed by atoms with E-state index in [2.05, 4.69) is 62.8 Å². The number of anilines is 1. The zero-order valence-corrected chi connectivity index (χ0v) is 57.5. The minimum absolute atomic E-state index is 0.0221. The minimum Gasteiger partial charge on any atom is -0.369 e. The average Bonchev–Trinajstić information content (AvgIpc) is 3.71. The van der Waals surface area contributed by atoms with Crippen LogP contribution in [0.1, 0.15) is 289 Å². The third-order valence-electron chi connectivity index (χ3n) is 16.8. The Bertz CT molecular complexity index is 1950. The molecular formula is C70H128Cl2N10O7. The summed E-state index contributed by atoms with van der Waals surface area (Å²) in [7, 11) is 0. The second-order valence-electron chi connectivity index (χ2n) is 24.8. The molecule has 0 saturated heterocycles. The van der Waals surface area contributed by atoms with Crippen molar-refractivity contribution in [1.82, 2.24) is 31.9 Å². The molecule has 1 aromatic rings. The summed E-state index contributed by atoms with van der Waals surface area (Å²) in [6, 6.07) is 4.13. The number of nitrogens with zero attached hydrogens (tertiary/aromatic N) is 1. The van der Waals surface area contributed by atoms with E-state index in [1.54, 1.807) is 0 Å². The number of alkyl halides is 2. The number of carbonyl (C=O) groups excluding carboxylic acids is 7. The first-order valence-electron chi connectivity index (χ1n) is 35.7. The van der Waals surface area contributed by atoms with Crippen LogP contribution in [0.5, 0.6) is 0 Å². The highest BCUT2D eigenvalue weighted by atomic mass is 35.5. The number of hydrogen-bond donors (Lipinski definition) is 9. The Labute approximate surface area is 550 Å². The number of aryl methyl sites for hydroxylation is 1. The number of hydrogen-bond acceptors (Lipinski definition) is 10. The van der Waals surface area contributed by atoms with Crippen molar-refractivity contribution in [1.29, 1.82) is 0 Å². The number of amides is 7. The van der Waals surface area contributed by atoms with Crippen LogP contribution in [0.15, 0.2) is 24.3 Å². The first kappa shape index (κ1) is 82.8. The molecule has 0 aliphatic rings. The van der Waals surface area contributed by atoms with Gasteiger partial charge in [-0.2, -0.15) is 0 Å². The van der Waals surface area contributed by atoms with Crippen LogP contribution in [-0.2, 0) is 40.0 Å². The van der Waals surface area contributed by atoms with E-state index in [1.807, 2.05) is 12.1 Å². The van der Waals surface area contributed by atoms with E-state index in [0.29, 0.717) is 134 Å². The van der Waals surface area contributed by atoms with E-state index in [4.69, 9.17) is 40.4 Å². The van der Waals surface area contributed by atoms with E-state index in [0.717, 1.165) is 56.2 Å². The van der Waals surface area contributed by atoms with Gasteiger partial charge >= 0.3 is 0 Å². The zero-order chi connectivity index (χ0) is 65.2. The summed E-state index contributed by atoms with van der Waals surface area (Å²) in [5.74, 6) is -1.67. The van der Waals surface area contributed by atoms with Crippen molar-refractivity contribution in [3.05, 3.63) is 29.8 Å². The van der Waals surface area contributed by atoms with Crippen LogP contribution in [0.3, 0.4) is 0 Å². The highest BCUT2D eigenvalue weighted by molar-refractivity contribution is 6.18. The molecule has 0 aromatic heterocycles. The van der Waals surface area contributed by atoms with Gasteiger partial charge in [0, 0.05) is 62.9 Å². The fraction of sp³-hybridized carbons (Fsp3) is 0.814. The predicted molar refractivity (Wildman–Crippen MR) is 370 cm³/mol. The molecule has 1 rings (SSSR count). The van der Waals surface area contributed by atoms with Gasteiger partial charge in [-0.15, -0.1) is 23.2 Å². The van der Waals surface area contributed by atoms with Crippen LogP contribution in [0, 0.1) is 0 Å². The van der Waals surface area contributed by atoms with Crippen molar-refractivity contribution in [2.45, 2.75) is 314 Å².